The van der Waals surface area contributed by atoms with E-state index < -0.39 is 11.5 Å². The van der Waals surface area contributed by atoms with Gasteiger partial charge in [-0.1, -0.05) is 32.1 Å². The highest BCUT2D eigenvalue weighted by molar-refractivity contribution is 5.68. The number of carboxylic acids is 1. The van der Waals surface area contributed by atoms with Gasteiger partial charge < -0.3 is 10.8 Å². The van der Waals surface area contributed by atoms with Crippen molar-refractivity contribution >= 4 is 5.97 Å². The molecule has 0 aliphatic heterocycles. The third-order valence-electron chi connectivity index (χ3n) is 2.85. The van der Waals surface area contributed by atoms with Gasteiger partial charge in [0, 0.05) is 5.54 Å². The van der Waals surface area contributed by atoms with Crippen LogP contribution in [0, 0.1) is 0 Å². The number of hydrogen-bond acceptors (Lipinski definition) is 2. The van der Waals surface area contributed by atoms with E-state index in [1.54, 1.807) is 0 Å². The Morgan fingerprint density at radius 2 is 1.62 bits per heavy atom. The van der Waals surface area contributed by atoms with Crippen LogP contribution in [0.1, 0.15) is 51.4 Å². The first-order valence-corrected chi connectivity index (χ1v) is 5.13. The molecule has 0 saturated heterocycles. The normalized spacial score (nSPS) is 23.2. The Hall–Kier alpha value is -0.570. The van der Waals surface area contributed by atoms with E-state index in [0.717, 1.165) is 25.7 Å². The molecule has 0 aromatic carbocycles. The lowest BCUT2D eigenvalue weighted by Gasteiger charge is -2.29. The van der Waals surface area contributed by atoms with Crippen molar-refractivity contribution in [2.45, 2.75) is 56.9 Å². The molecule has 0 aromatic heterocycles. The van der Waals surface area contributed by atoms with E-state index in [1.165, 1.54) is 19.3 Å². The number of carbonyl (C=O) groups is 1. The third kappa shape index (κ3) is 3.77. The van der Waals surface area contributed by atoms with E-state index >= 15 is 0 Å². The molecule has 76 valence electrons. The molecule has 1 aliphatic carbocycles. The Morgan fingerprint density at radius 3 is 2.08 bits per heavy atom. The molecule has 0 bridgehead atoms. The Bertz CT molecular complexity index is 172. The summed E-state index contributed by atoms with van der Waals surface area (Å²) in [7, 11) is 0. The number of hydrogen-bond donors (Lipinski definition) is 2. The first kappa shape index (κ1) is 10.5. The molecule has 0 spiro atoms. The first-order valence-electron chi connectivity index (χ1n) is 5.13. The van der Waals surface area contributed by atoms with Crippen LogP contribution in [0.3, 0.4) is 0 Å². The second-order valence-electron chi connectivity index (χ2n) is 4.20. The minimum absolute atomic E-state index is 0.132. The van der Waals surface area contributed by atoms with E-state index in [9.17, 15) is 4.79 Å². The average Bonchev–Trinajstić information content (AvgIpc) is 1.97. The molecule has 3 N–H and O–H groups in total. The molecule has 13 heavy (non-hydrogen) atoms. The maximum absolute atomic E-state index is 10.6. The van der Waals surface area contributed by atoms with Crippen molar-refractivity contribution in [1.29, 1.82) is 0 Å². The van der Waals surface area contributed by atoms with Gasteiger partial charge >= 0.3 is 5.97 Å². The standard InChI is InChI=1S/C10H19NO2/c11-10(8-9(12)13)6-4-2-1-3-5-7-10/h1-8,11H2,(H,12,13). The summed E-state index contributed by atoms with van der Waals surface area (Å²) in [6, 6.07) is 0. The van der Waals surface area contributed by atoms with Crippen LogP contribution >= 0.6 is 0 Å². The summed E-state index contributed by atoms with van der Waals surface area (Å²) in [5.41, 5.74) is 5.62. The number of nitrogens with two attached hydrogens (primary N) is 1. The molecule has 0 amide bonds. The van der Waals surface area contributed by atoms with Crippen molar-refractivity contribution in [3.63, 3.8) is 0 Å². The SMILES string of the molecule is NC1(CC(=O)O)CCCCCCC1. The van der Waals surface area contributed by atoms with Crippen molar-refractivity contribution in [3.8, 4) is 0 Å². The van der Waals surface area contributed by atoms with Gasteiger partial charge in [0.05, 0.1) is 6.42 Å². The highest BCUT2D eigenvalue weighted by Gasteiger charge is 2.27. The second kappa shape index (κ2) is 4.61. The van der Waals surface area contributed by atoms with E-state index in [2.05, 4.69) is 0 Å². The molecular weight excluding hydrogens is 166 g/mol. The third-order valence-corrected chi connectivity index (χ3v) is 2.85. The Morgan fingerprint density at radius 1 is 1.15 bits per heavy atom. The van der Waals surface area contributed by atoms with Gasteiger partial charge in [-0.2, -0.15) is 0 Å². The predicted octanol–water partition coefficient (Wildman–Crippen LogP) is 1.90. The number of aliphatic carboxylic acids is 1. The Labute approximate surface area is 79.3 Å². The quantitative estimate of drug-likeness (QED) is 0.690. The molecule has 0 unspecified atom stereocenters. The molecule has 0 atom stereocenters. The Kier molecular flexibility index (Phi) is 3.72. The fourth-order valence-corrected chi connectivity index (χ4v) is 2.09. The summed E-state index contributed by atoms with van der Waals surface area (Å²) < 4.78 is 0. The van der Waals surface area contributed by atoms with Crippen LogP contribution in [0.2, 0.25) is 0 Å². The minimum atomic E-state index is -0.761. The molecule has 1 aliphatic rings. The predicted molar refractivity (Wildman–Crippen MR) is 51.5 cm³/mol. The summed E-state index contributed by atoms with van der Waals surface area (Å²) in [4.78, 5) is 10.6. The van der Waals surface area contributed by atoms with Crippen LogP contribution in [0.15, 0.2) is 0 Å². The monoisotopic (exact) mass is 185 g/mol. The van der Waals surface area contributed by atoms with Crippen molar-refractivity contribution in [2.75, 3.05) is 0 Å². The van der Waals surface area contributed by atoms with Crippen molar-refractivity contribution in [1.82, 2.24) is 0 Å². The minimum Gasteiger partial charge on any atom is -0.481 e. The highest BCUT2D eigenvalue weighted by Crippen LogP contribution is 2.26. The highest BCUT2D eigenvalue weighted by atomic mass is 16.4. The van der Waals surface area contributed by atoms with E-state index in [4.69, 9.17) is 10.8 Å². The maximum atomic E-state index is 10.6. The van der Waals surface area contributed by atoms with Crippen LogP contribution < -0.4 is 5.73 Å². The van der Waals surface area contributed by atoms with Crippen LogP contribution in [0.4, 0.5) is 0 Å². The van der Waals surface area contributed by atoms with Gasteiger partial charge in [0.1, 0.15) is 0 Å². The van der Waals surface area contributed by atoms with Crippen LogP contribution in [0.25, 0.3) is 0 Å². The zero-order chi connectivity index (χ0) is 9.73. The smallest absolute Gasteiger partial charge is 0.305 e. The zero-order valence-corrected chi connectivity index (χ0v) is 8.09. The topological polar surface area (TPSA) is 63.3 Å². The fourth-order valence-electron chi connectivity index (χ4n) is 2.09. The van der Waals surface area contributed by atoms with Crippen LogP contribution in [0.5, 0.6) is 0 Å². The van der Waals surface area contributed by atoms with E-state index in [1.807, 2.05) is 0 Å². The molecule has 0 heterocycles. The van der Waals surface area contributed by atoms with Crippen molar-refractivity contribution in [2.24, 2.45) is 5.73 Å². The Balaban J connectivity index is 2.46. The molecule has 1 fully saturated rings. The molecule has 3 nitrogen and oxygen atoms in total. The summed E-state index contributed by atoms with van der Waals surface area (Å²) in [6.45, 7) is 0. The first-order chi connectivity index (χ1) is 6.12. The summed E-state index contributed by atoms with van der Waals surface area (Å²) in [5.74, 6) is -0.761. The molecule has 0 aromatic rings. The van der Waals surface area contributed by atoms with Gasteiger partial charge in [-0.15, -0.1) is 0 Å². The fraction of sp³-hybridized carbons (Fsp3) is 0.900. The van der Waals surface area contributed by atoms with Gasteiger partial charge in [0.25, 0.3) is 0 Å². The van der Waals surface area contributed by atoms with Gasteiger partial charge in [0.15, 0.2) is 0 Å². The lowest BCUT2D eigenvalue weighted by Crippen LogP contribution is -2.42. The van der Waals surface area contributed by atoms with Crippen LogP contribution in [-0.4, -0.2) is 16.6 Å². The second-order valence-corrected chi connectivity index (χ2v) is 4.20. The summed E-state index contributed by atoms with van der Waals surface area (Å²) in [5, 5.41) is 8.71. The molecule has 0 radical (unpaired) electrons. The lowest BCUT2D eigenvalue weighted by atomic mass is 9.82. The van der Waals surface area contributed by atoms with Gasteiger partial charge in [-0.05, 0) is 12.8 Å². The van der Waals surface area contributed by atoms with Crippen molar-refractivity contribution < 1.29 is 9.90 Å². The van der Waals surface area contributed by atoms with E-state index in [-0.39, 0.29) is 6.42 Å². The average molecular weight is 185 g/mol. The maximum Gasteiger partial charge on any atom is 0.305 e. The van der Waals surface area contributed by atoms with E-state index in [0.29, 0.717) is 0 Å². The van der Waals surface area contributed by atoms with Gasteiger partial charge in [-0.3, -0.25) is 4.79 Å². The largest absolute Gasteiger partial charge is 0.481 e. The molecule has 1 saturated carbocycles. The lowest BCUT2D eigenvalue weighted by molar-refractivity contribution is -0.138. The summed E-state index contributed by atoms with van der Waals surface area (Å²) >= 11 is 0. The van der Waals surface area contributed by atoms with Crippen LogP contribution in [-0.2, 0) is 4.79 Å². The molecule has 1 rings (SSSR count). The summed E-state index contributed by atoms with van der Waals surface area (Å²) in [6.07, 6.45) is 7.75. The van der Waals surface area contributed by atoms with Gasteiger partial charge in [0.2, 0.25) is 0 Å². The zero-order valence-electron chi connectivity index (χ0n) is 8.09. The molecule has 3 heteroatoms. The molecular formula is C10H19NO2. The number of rotatable bonds is 2. The van der Waals surface area contributed by atoms with Crippen molar-refractivity contribution in [3.05, 3.63) is 0 Å². The number of carboxylic acid groups (broad SMARTS) is 1. The van der Waals surface area contributed by atoms with Gasteiger partial charge in [-0.25, -0.2) is 0 Å².